The van der Waals surface area contributed by atoms with Crippen LogP contribution in [-0.4, -0.2) is 88.6 Å². The van der Waals surface area contributed by atoms with Crippen LogP contribution in [0.3, 0.4) is 0 Å². The number of piperidine rings is 1. The normalized spacial score (nSPS) is 20.3. The summed E-state index contributed by atoms with van der Waals surface area (Å²) in [5.41, 5.74) is 1.04. The lowest BCUT2D eigenvalue weighted by Gasteiger charge is -2.43. The summed E-state index contributed by atoms with van der Waals surface area (Å²) in [7, 11) is 0. The summed E-state index contributed by atoms with van der Waals surface area (Å²) < 4.78 is 0.656. The number of piperazine rings is 1. The summed E-state index contributed by atoms with van der Waals surface area (Å²) >= 11 is 3.33. The third kappa shape index (κ3) is 6.18. The van der Waals surface area contributed by atoms with Crippen LogP contribution in [-0.2, 0) is 16.0 Å². The smallest absolute Gasteiger partial charge is 0.304 e. The number of nitrogens with zero attached hydrogens (tertiary/aromatic N) is 3. The number of aromatic hydroxyl groups is 1. The number of amides is 1. The summed E-state index contributed by atoms with van der Waals surface area (Å²) in [5.74, 6) is -0.406. The highest BCUT2D eigenvalue weighted by Crippen LogP contribution is 2.26. The minimum Gasteiger partial charge on any atom is -0.507 e. The number of rotatable bonds is 7. The third-order valence-corrected chi connectivity index (χ3v) is 6.95. The van der Waals surface area contributed by atoms with Gasteiger partial charge in [0.2, 0.25) is 5.91 Å². The predicted octanol–water partition coefficient (Wildman–Crippen LogP) is 2.42. The first-order valence-electron chi connectivity index (χ1n) is 10.8. The van der Waals surface area contributed by atoms with E-state index in [1.165, 1.54) is 0 Å². The van der Waals surface area contributed by atoms with Crippen molar-refractivity contribution in [1.82, 2.24) is 14.7 Å². The van der Waals surface area contributed by atoms with Crippen molar-refractivity contribution in [2.75, 3.05) is 45.8 Å². The average molecular weight is 482 g/mol. The van der Waals surface area contributed by atoms with Crippen molar-refractivity contribution in [2.45, 2.75) is 38.6 Å². The van der Waals surface area contributed by atoms with Crippen LogP contribution >= 0.6 is 15.9 Å². The van der Waals surface area contributed by atoms with Gasteiger partial charge in [-0.2, -0.15) is 0 Å². The van der Waals surface area contributed by atoms with Crippen LogP contribution in [0.25, 0.3) is 0 Å². The van der Waals surface area contributed by atoms with Crippen LogP contribution in [0, 0.1) is 5.92 Å². The first-order chi connectivity index (χ1) is 14.3. The van der Waals surface area contributed by atoms with Gasteiger partial charge in [-0.15, -0.1) is 0 Å². The van der Waals surface area contributed by atoms with Crippen molar-refractivity contribution in [2.24, 2.45) is 5.92 Å². The molecule has 0 saturated carbocycles. The monoisotopic (exact) mass is 481 g/mol. The topological polar surface area (TPSA) is 84.3 Å². The highest BCUT2D eigenvalue weighted by Gasteiger charge is 2.30. The minimum atomic E-state index is -0.734. The maximum absolute atomic E-state index is 12.9. The van der Waals surface area contributed by atoms with Crippen molar-refractivity contribution in [1.29, 1.82) is 0 Å². The zero-order chi connectivity index (χ0) is 21.7. The molecular formula is C22H32BrN3O4. The van der Waals surface area contributed by atoms with E-state index < -0.39 is 5.97 Å². The van der Waals surface area contributed by atoms with Crippen LogP contribution in [0.2, 0.25) is 0 Å². The molecule has 0 aromatic heterocycles. The molecule has 1 amide bonds. The number of carboxylic acid groups (broad SMARTS) is 1. The number of aliphatic carboxylic acids is 1. The Morgan fingerprint density at radius 3 is 2.40 bits per heavy atom. The van der Waals surface area contributed by atoms with Gasteiger partial charge in [0.15, 0.2) is 0 Å². The first kappa shape index (κ1) is 23.0. The van der Waals surface area contributed by atoms with E-state index in [0.717, 1.165) is 57.7 Å². The number of likely N-dealkylation sites (tertiary alicyclic amines) is 1. The second-order valence-electron chi connectivity index (χ2n) is 8.47. The molecule has 2 aliphatic rings. The highest BCUT2D eigenvalue weighted by molar-refractivity contribution is 9.10. The van der Waals surface area contributed by atoms with Gasteiger partial charge in [0.25, 0.3) is 0 Å². The molecule has 2 N–H and O–H groups in total. The fourth-order valence-electron chi connectivity index (χ4n) is 4.49. The lowest BCUT2D eigenvalue weighted by atomic mass is 9.97. The van der Waals surface area contributed by atoms with Crippen molar-refractivity contribution >= 4 is 27.8 Å². The molecule has 0 bridgehead atoms. The Balaban J connectivity index is 1.42. The van der Waals surface area contributed by atoms with E-state index in [1.807, 2.05) is 24.0 Å². The van der Waals surface area contributed by atoms with E-state index >= 15 is 0 Å². The molecule has 7 nitrogen and oxygen atoms in total. The zero-order valence-corrected chi connectivity index (χ0v) is 19.2. The van der Waals surface area contributed by atoms with E-state index in [1.54, 1.807) is 6.07 Å². The van der Waals surface area contributed by atoms with Crippen molar-refractivity contribution in [3.63, 3.8) is 0 Å². The van der Waals surface area contributed by atoms with Crippen molar-refractivity contribution < 1.29 is 19.8 Å². The Morgan fingerprint density at radius 1 is 1.13 bits per heavy atom. The lowest BCUT2D eigenvalue weighted by Crippen LogP contribution is -2.54. The van der Waals surface area contributed by atoms with Crippen LogP contribution in [0.15, 0.2) is 22.7 Å². The van der Waals surface area contributed by atoms with Gasteiger partial charge in [0.1, 0.15) is 5.75 Å². The summed E-state index contributed by atoms with van der Waals surface area (Å²) in [6.45, 7) is 8.00. The van der Waals surface area contributed by atoms with E-state index in [4.69, 9.17) is 5.11 Å². The SMILES string of the molecule is C[C@H](Cc1ccc(O)c(Br)c1)C(=O)N1CCC(N2CCN(CCC(=O)O)CC2)CC1. The number of benzene rings is 1. The van der Waals surface area contributed by atoms with Crippen molar-refractivity contribution in [3.8, 4) is 5.75 Å². The number of hydrogen-bond donors (Lipinski definition) is 2. The molecule has 0 unspecified atom stereocenters. The lowest BCUT2D eigenvalue weighted by molar-refractivity contribution is -0.138. The van der Waals surface area contributed by atoms with E-state index in [-0.39, 0.29) is 24.0 Å². The fraction of sp³-hybridized carbons (Fsp3) is 0.636. The van der Waals surface area contributed by atoms with Gasteiger partial charge in [-0.1, -0.05) is 13.0 Å². The largest absolute Gasteiger partial charge is 0.507 e. The summed E-state index contributed by atoms with van der Waals surface area (Å²) in [5, 5.41) is 18.5. The molecule has 0 spiro atoms. The zero-order valence-electron chi connectivity index (χ0n) is 17.6. The van der Waals surface area contributed by atoms with Crippen LogP contribution in [0.4, 0.5) is 0 Å². The Morgan fingerprint density at radius 2 is 1.80 bits per heavy atom. The van der Waals surface area contributed by atoms with Crippen molar-refractivity contribution in [3.05, 3.63) is 28.2 Å². The van der Waals surface area contributed by atoms with Gasteiger partial charge in [0, 0.05) is 57.8 Å². The Bertz CT molecular complexity index is 744. The van der Waals surface area contributed by atoms with Crippen LogP contribution in [0.1, 0.15) is 31.7 Å². The molecule has 2 heterocycles. The Labute approximate surface area is 186 Å². The summed E-state index contributed by atoms with van der Waals surface area (Å²) in [6, 6.07) is 5.91. The predicted molar refractivity (Wildman–Crippen MR) is 119 cm³/mol. The molecule has 1 atom stereocenters. The van der Waals surface area contributed by atoms with Crippen LogP contribution in [0.5, 0.6) is 5.75 Å². The molecule has 8 heteroatoms. The quantitative estimate of drug-likeness (QED) is 0.621. The van der Waals surface area contributed by atoms with E-state index in [2.05, 4.69) is 25.7 Å². The van der Waals surface area contributed by atoms with Gasteiger partial charge in [0.05, 0.1) is 10.9 Å². The molecule has 0 aliphatic carbocycles. The van der Waals surface area contributed by atoms with Gasteiger partial charge >= 0.3 is 5.97 Å². The van der Waals surface area contributed by atoms with E-state index in [9.17, 15) is 14.7 Å². The summed E-state index contributed by atoms with van der Waals surface area (Å²) in [6.07, 6.45) is 2.87. The molecule has 166 valence electrons. The maximum Gasteiger partial charge on any atom is 0.304 e. The van der Waals surface area contributed by atoms with E-state index in [0.29, 0.717) is 23.5 Å². The number of halogens is 1. The molecule has 1 aromatic rings. The Kier molecular flexibility index (Phi) is 8.13. The number of carbonyl (C=O) groups is 2. The Hall–Kier alpha value is -1.64. The van der Waals surface area contributed by atoms with Crippen LogP contribution < -0.4 is 0 Å². The molecule has 2 fully saturated rings. The number of hydrogen-bond acceptors (Lipinski definition) is 5. The van der Waals surface area contributed by atoms with Gasteiger partial charge in [-0.3, -0.25) is 14.5 Å². The third-order valence-electron chi connectivity index (χ3n) is 6.32. The molecular weight excluding hydrogens is 450 g/mol. The second-order valence-corrected chi connectivity index (χ2v) is 9.32. The van der Waals surface area contributed by atoms with Gasteiger partial charge in [-0.25, -0.2) is 0 Å². The number of carboxylic acids is 1. The highest BCUT2D eigenvalue weighted by atomic mass is 79.9. The maximum atomic E-state index is 12.9. The number of phenolic OH excluding ortho intramolecular Hbond substituents is 1. The fourth-order valence-corrected chi connectivity index (χ4v) is 4.91. The standard InChI is InChI=1S/C22H32BrN3O4/c1-16(14-17-2-3-20(27)19(23)15-17)22(30)26-8-4-18(5-9-26)25-12-10-24(11-13-25)7-6-21(28)29/h2-3,15-16,18,27H,4-14H2,1H3,(H,28,29)/t16-/m1/s1. The second kappa shape index (κ2) is 10.6. The molecule has 1 aromatic carbocycles. The van der Waals surface area contributed by atoms with Gasteiger partial charge in [-0.05, 0) is 52.9 Å². The summed E-state index contributed by atoms with van der Waals surface area (Å²) in [4.78, 5) is 30.4. The molecule has 2 aliphatic heterocycles. The first-order valence-corrected chi connectivity index (χ1v) is 11.6. The molecule has 30 heavy (non-hydrogen) atoms. The average Bonchev–Trinajstić information content (AvgIpc) is 2.75. The minimum absolute atomic E-state index is 0.0872. The molecule has 0 radical (unpaired) electrons. The number of phenols is 1. The number of carbonyl (C=O) groups excluding carboxylic acids is 1. The molecule has 2 saturated heterocycles. The molecule has 3 rings (SSSR count). The van der Waals surface area contributed by atoms with Gasteiger partial charge < -0.3 is 20.0 Å².